The van der Waals surface area contributed by atoms with E-state index in [0.717, 1.165) is 23.1 Å². The number of rotatable bonds is 4. The van der Waals surface area contributed by atoms with Gasteiger partial charge in [0.1, 0.15) is 5.58 Å². The van der Waals surface area contributed by atoms with Gasteiger partial charge in [-0.3, -0.25) is 0 Å². The minimum absolute atomic E-state index is 0.303. The summed E-state index contributed by atoms with van der Waals surface area (Å²) in [7, 11) is 0. The van der Waals surface area contributed by atoms with Gasteiger partial charge in [0.25, 0.3) is 0 Å². The van der Waals surface area contributed by atoms with Crippen molar-refractivity contribution in [3.63, 3.8) is 0 Å². The van der Waals surface area contributed by atoms with Gasteiger partial charge in [0.2, 0.25) is 0 Å². The third kappa shape index (κ3) is 2.89. The van der Waals surface area contributed by atoms with E-state index in [-0.39, 0.29) is 5.63 Å². The number of hydrogen-bond donors (Lipinski definition) is 1. The second kappa shape index (κ2) is 6.06. The summed E-state index contributed by atoms with van der Waals surface area (Å²) in [6.45, 7) is 4.74. The van der Waals surface area contributed by atoms with Crippen molar-refractivity contribution in [2.45, 2.75) is 26.8 Å². The maximum Gasteiger partial charge on any atom is 0.336 e. The van der Waals surface area contributed by atoms with Crippen LogP contribution in [0.1, 0.15) is 23.6 Å². The van der Waals surface area contributed by atoms with Crippen molar-refractivity contribution >= 4 is 16.7 Å². The van der Waals surface area contributed by atoms with E-state index in [0.29, 0.717) is 12.1 Å². The molecule has 0 bridgehead atoms. The van der Waals surface area contributed by atoms with Gasteiger partial charge in [0.05, 0.1) is 0 Å². The zero-order valence-corrected chi connectivity index (χ0v) is 12.8. The Morgan fingerprint density at radius 2 is 1.91 bits per heavy atom. The molecular formula is C19H19NO2. The molecule has 0 aliphatic rings. The van der Waals surface area contributed by atoms with Gasteiger partial charge in [-0.1, -0.05) is 37.3 Å². The van der Waals surface area contributed by atoms with Crippen LogP contribution in [-0.4, -0.2) is 0 Å². The summed E-state index contributed by atoms with van der Waals surface area (Å²) in [5.74, 6) is 0. The average molecular weight is 293 g/mol. The van der Waals surface area contributed by atoms with E-state index in [2.05, 4.69) is 31.3 Å². The van der Waals surface area contributed by atoms with Gasteiger partial charge < -0.3 is 9.73 Å². The molecule has 3 nitrogen and oxygen atoms in total. The van der Waals surface area contributed by atoms with Crippen LogP contribution in [0.4, 0.5) is 5.69 Å². The summed E-state index contributed by atoms with van der Waals surface area (Å²) in [4.78, 5) is 11.8. The molecule has 1 heterocycles. The summed E-state index contributed by atoms with van der Waals surface area (Å²) >= 11 is 0. The second-order valence-electron chi connectivity index (χ2n) is 5.44. The third-order valence-corrected chi connectivity index (χ3v) is 3.92. The fraction of sp³-hybridized carbons (Fsp3) is 0.211. The maximum absolute atomic E-state index is 11.8. The summed E-state index contributed by atoms with van der Waals surface area (Å²) in [5, 5.41) is 4.38. The molecule has 0 aliphatic heterocycles. The van der Waals surface area contributed by atoms with Gasteiger partial charge in [0, 0.05) is 23.7 Å². The molecule has 0 atom stereocenters. The number of hydrogen-bond acceptors (Lipinski definition) is 3. The third-order valence-electron chi connectivity index (χ3n) is 3.92. The van der Waals surface area contributed by atoms with Crippen LogP contribution in [0.5, 0.6) is 0 Å². The minimum Gasteiger partial charge on any atom is -0.423 e. The first-order chi connectivity index (χ1) is 10.7. The minimum atomic E-state index is -0.303. The van der Waals surface area contributed by atoms with Crippen molar-refractivity contribution in [1.29, 1.82) is 0 Å². The molecule has 3 aromatic rings. The number of benzene rings is 2. The monoisotopic (exact) mass is 293 g/mol. The molecular weight excluding hydrogens is 274 g/mol. The lowest BCUT2D eigenvalue weighted by atomic mass is 10.1. The molecule has 0 aliphatic carbocycles. The first-order valence-corrected chi connectivity index (χ1v) is 7.52. The van der Waals surface area contributed by atoms with E-state index in [1.54, 1.807) is 6.07 Å². The largest absolute Gasteiger partial charge is 0.423 e. The Morgan fingerprint density at radius 1 is 1.09 bits per heavy atom. The molecule has 112 valence electrons. The molecule has 1 N–H and O–H groups in total. The molecule has 1 aromatic heterocycles. The maximum atomic E-state index is 11.8. The Hall–Kier alpha value is -2.55. The fourth-order valence-corrected chi connectivity index (χ4v) is 2.60. The second-order valence-corrected chi connectivity index (χ2v) is 5.44. The van der Waals surface area contributed by atoms with E-state index >= 15 is 0 Å². The zero-order valence-electron chi connectivity index (χ0n) is 12.8. The highest BCUT2D eigenvalue weighted by Crippen LogP contribution is 2.21. The lowest BCUT2D eigenvalue weighted by Crippen LogP contribution is -2.06. The number of aryl methyl sites for hydroxylation is 2. The fourth-order valence-electron chi connectivity index (χ4n) is 2.60. The first kappa shape index (κ1) is 14.4. The molecule has 0 radical (unpaired) electrons. The van der Waals surface area contributed by atoms with Crippen LogP contribution in [0.2, 0.25) is 0 Å². The first-order valence-electron chi connectivity index (χ1n) is 7.52. The van der Waals surface area contributed by atoms with E-state index in [4.69, 9.17) is 4.42 Å². The summed E-state index contributed by atoms with van der Waals surface area (Å²) < 4.78 is 5.34. The topological polar surface area (TPSA) is 42.2 Å². The van der Waals surface area contributed by atoms with Gasteiger partial charge >= 0.3 is 5.63 Å². The van der Waals surface area contributed by atoms with Crippen LogP contribution in [0, 0.1) is 6.92 Å². The van der Waals surface area contributed by atoms with Crippen LogP contribution in [0.15, 0.2) is 57.7 Å². The zero-order chi connectivity index (χ0) is 15.5. The lowest BCUT2D eigenvalue weighted by molar-refractivity contribution is 0.559. The normalized spacial score (nSPS) is 10.8. The Labute approximate surface area is 129 Å². The van der Waals surface area contributed by atoms with Crippen molar-refractivity contribution in [2.75, 3.05) is 5.32 Å². The van der Waals surface area contributed by atoms with Crippen LogP contribution in [0.3, 0.4) is 0 Å². The number of para-hydroxylation sites is 1. The van der Waals surface area contributed by atoms with Gasteiger partial charge in [0.15, 0.2) is 0 Å². The van der Waals surface area contributed by atoms with Gasteiger partial charge in [-0.25, -0.2) is 4.79 Å². The molecule has 0 spiro atoms. The number of anilines is 1. The standard InChI is InChI=1S/C19H19NO2/c1-3-14-8-9-16-15(11-19(21)22-18(16)10-14)12-20-17-7-5-4-6-13(17)2/h4-11,20H,3,12H2,1-2H3. The van der Waals surface area contributed by atoms with Crippen LogP contribution < -0.4 is 10.9 Å². The van der Waals surface area contributed by atoms with Gasteiger partial charge in [-0.2, -0.15) is 0 Å². The molecule has 0 amide bonds. The van der Waals surface area contributed by atoms with Crippen LogP contribution in [-0.2, 0) is 13.0 Å². The molecule has 3 rings (SSSR count). The van der Waals surface area contributed by atoms with E-state index in [1.165, 1.54) is 11.1 Å². The Morgan fingerprint density at radius 3 is 2.68 bits per heavy atom. The molecule has 2 aromatic carbocycles. The predicted octanol–water partition coefficient (Wildman–Crippen LogP) is 4.28. The number of fused-ring (bicyclic) bond motifs is 1. The quantitative estimate of drug-likeness (QED) is 0.730. The van der Waals surface area contributed by atoms with Crippen molar-refractivity contribution in [2.24, 2.45) is 0 Å². The highest BCUT2D eigenvalue weighted by atomic mass is 16.4. The highest BCUT2D eigenvalue weighted by molar-refractivity contribution is 5.81. The van der Waals surface area contributed by atoms with Crippen molar-refractivity contribution in [3.05, 3.63) is 75.6 Å². The van der Waals surface area contributed by atoms with E-state index in [1.807, 2.05) is 30.3 Å². The molecule has 3 heteroatoms. The number of nitrogens with one attached hydrogen (secondary N) is 1. The average Bonchev–Trinajstić information content (AvgIpc) is 2.53. The van der Waals surface area contributed by atoms with E-state index < -0.39 is 0 Å². The highest BCUT2D eigenvalue weighted by Gasteiger charge is 2.07. The van der Waals surface area contributed by atoms with Crippen molar-refractivity contribution < 1.29 is 4.42 Å². The van der Waals surface area contributed by atoms with Gasteiger partial charge in [-0.05, 0) is 42.2 Å². The molecule has 0 saturated carbocycles. The SMILES string of the molecule is CCc1ccc2c(CNc3ccccc3C)cc(=O)oc2c1. The van der Waals surface area contributed by atoms with Crippen LogP contribution >= 0.6 is 0 Å². The Bertz CT molecular complexity index is 865. The Balaban J connectivity index is 1.96. The van der Waals surface area contributed by atoms with E-state index in [9.17, 15) is 4.79 Å². The predicted molar refractivity (Wildman–Crippen MR) is 90.4 cm³/mol. The summed E-state index contributed by atoms with van der Waals surface area (Å²) in [5.41, 5.74) is 4.74. The summed E-state index contributed by atoms with van der Waals surface area (Å²) in [6, 6.07) is 15.8. The summed E-state index contributed by atoms with van der Waals surface area (Å²) in [6.07, 6.45) is 0.922. The Kier molecular flexibility index (Phi) is 3.96. The van der Waals surface area contributed by atoms with Crippen molar-refractivity contribution in [3.8, 4) is 0 Å². The van der Waals surface area contributed by atoms with Crippen molar-refractivity contribution in [1.82, 2.24) is 0 Å². The lowest BCUT2D eigenvalue weighted by Gasteiger charge is -2.11. The molecule has 0 unspecified atom stereocenters. The molecule has 0 fully saturated rings. The smallest absolute Gasteiger partial charge is 0.336 e. The molecule has 0 saturated heterocycles. The molecule has 22 heavy (non-hydrogen) atoms. The van der Waals surface area contributed by atoms with Crippen LogP contribution in [0.25, 0.3) is 11.0 Å². The van der Waals surface area contributed by atoms with Gasteiger partial charge in [-0.15, -0.1) is 0 Å².